The second-order valence-corrected chi connectivity index (χ2v) is 4.71. The van der Waals surface area contributed by atoms with E-state index < -0.39 is 0 Å². The fourth-order valence-corrected chi connectivity index (χ4v) is 2.28. The molecule has 0 unspecified atom stereocenters. The fraction of sp³-hybridized carbons (Fsp3) is 0.750. The summed E-state index contributed by atoms with van der Waals surface area (Å²) in [5, 5.41) is 3.01. The molecule has 2 fully saturated rings. The summed E-state index contributed by atoms with van der Waals surface area (Å²) in [5.41, 5.74) is 0. The van der Waals surface area contributed by atoms with Crippen molar-refractivity contribution in [3.8, 4) is 0 Å². The zero-order valence-corrected chi connectivity index (χ0v) is 11.7. The number of hydrogen-bond donors (Lipinski definition) is 1. The predicted octanol–water partition coefficient (Wildman–Crippen LogP) is -0.413. The third-order valence-electron chi connectivity index (χ3n) is 3.42. The van der Waals surface area contributed by atoms with Crippen LogP contribution in [-0.2, 0) is 9.47 Å². The van der Waals surface area contributed by atoms with Gasteiger partial charge in [-0.3, -0.25) is 0 Å². The molecule has 3 heterocycles. The van der Waals surface area contributed by atoms with Gasteiger partial charge in [0.15, 0.2) is 0 Å². The highest BCUT2D eigenvalue weighted by molar-refractivity contribution is 5.45. The van der Waals surface area contributed by atoms with Crippen molar-refractivity contribution in [2.75, 3.05) is 74.8 Å². The number of ether oxygens (including phenoxy) is 2. The summed E-state index contributed by atoms with van der Waals surface area (Å²) in [7, 11) is 1.82. The van der Waals surface area contributed by atoms with Gasteiger partial charge in [0.1, 0.15) is 0 Å². The molecule has 110 valence electrons. The zero-order valence-electron chi connectivity index (χ0n) is 11.7. The van der Waals surface area contributed by atoms with E-state index in [-0.39, 0.29) is 0 Å². The summed E-state index contributed by atoms with van der Waals surface area (Å²) >= 11 is 0. The lowest BCUT2D eigenvalue weighted by molar-refractivity contribution is 0.121. The van der Waals surface area contributed by atoms with Crippen molar-refractivity contribution in [3.05, 3.63) is 0 Å². The van der Waals surface area contributed by atoms with Crippen molar-refractivity contribution < 1.29 is 9.47 Å². The van der Waals surface area contributed by atoms with Gasteiger partial charge in [-0.05, 0) is 0 Å². The fourth-order valence-electron chi connectivity index (χ4n) is 2.28. The summed E-state index contributed by atoms with van der Waals surface area (Å²) < 4.78 is 10.7. The summed E-state index contributed by atoms with van der Waals surface area (Å²) in [5.74, 6) is 2.03. The summed E-state index contributed by atoms with van der Waals surface area (Å²) in [4.78, 5) is 17.8. The van der Waals surface area contributed by atoms with Crippen LogP contribution in [0.2, 0.25) is 0 Å². The lowest BCUT2D eigenvalue weighted by Gasteiger charge is -2.30. The quantitative estimate of drug-likeness (QED) is 0.800. The van der Waals surface area contributed by atoms with Gasteiger partial charge in [-0.25, -0.2) is 0 Å². The van der Waals surface area contributed by atoms with E-state index in [1.165, 1.54) is 0 Å². The lowest BCUT2D eigenvalue weighted by Crippen LogP contribution is -2.40. The van der Waals surface area contributed by atoms with Crippen LogP contribution in [0.1, 0.15) is 0 Å². The first kappa shape index (κ1) is 13.3. The van der Waals surface area contributed by atoms with Crippen LogP contribution in [0.25, 0.3) is 0 Å². The second kappa shape index (κ2) is 6.19. The smallest absolute Gasteiger partial charge is 0.232 e. The zero-order chi connectivity index (χ0) is 13.8. The van der Waals surface area contributed by atoms with Gasteiger partial charge in [0.2, 0.25) is 17.8 Å². The van der Waals surface area contributed by atoms with Gasteiger partial charge < -0.3 is 24.6 Å². The Morgan fingerprint density at radius 3 is 1.65 bits per heavy atom. The molecule has 0 aromatic carbocycles. The molecule has 2 aliphatic heterocycles. The normalized spacial score (nSPS) is 20.1. The highest BCUT2D eigenvalue weighted by Gasteiger charge is 2.20. The van der Waals surface area contributed by atoms with Crippen molar-refractivity contribution in [2.24, 2.45) is 0 Å². The summed E-state index contributed by atoms with van der Waals surface area (Å²) in [6.45, 7) is 6.12. The molecule has 2 aliphatic rings. The molecule has 3 rings (SSSR count). The van der Waals surface area contributed by atoms with E-state index in [4.69, 9.17) is 9.47 Å². The van der Waals surface area contributed by atoms with Crippen LogP contribution in [0, 0.1) is 0 Å². The molecule has 0 radical (unpaired) electrons. The molecule has 1 aromatic heterocycles. The Bertz CT molecular complexity index is 409. The maximum atomic E-state index is 5.37. The van der Waals surface area contributed by atoms with Gasteiger partial charge in [-0.15, -0.1) is 0 Å². The third kappa shape index (κ3) is 2.91. The minimum atomic E-state index is 0.600. The van der Waals surface area contributed by atoms with Crippen LogP contribution < -0.4 is 15.1 Å². The standard InChI is InChI=1S/C12H20N6O2/c1-13-10-14-11(17-2-6-19-7-3-17)16-12(15-10)18-4-8-20-9-5-18/h2-9H2,1H3,(H,13,14,15,16). The van der Waals surface area contributed by atoms with Gasteiger partial charge in [-0.2, -0.15) is 15.0 Å². The van der Waals surface area contributed by atoms with Crippen molar-refractivity contribution in [2.45, 2.75) is 0 Å². The van der Waals surface area contributed by atoms with Crippen LogP contribution in [0.3, 0.4) is 0 Å². The number of morpholine rings is 2. The molecule has 0 saturated carbocycles. The molecule has 1 aromatic rings. The molecule has 8 heteroatoms. The van der Waals surface area contributed by atoms with Gasteiger partial charge >= 0.3 is 0 Å². The maximum Gasteiger partial charge on any atom is 0.232 e. The SMILES string of the molecule is CNc1nc(N2CCOCC2)nc(N2CCOCC2)n1. The predicted molar refractivity (Wildman–Crippen MR) is 75.4 cm³/mol. The maximum absolute atomic E-state index is 5.37. The minimum Gasteiger partial charge on any atom is -0.378 e. The minimum absolute atomic E-state index is 0.600. The monoisotopic (exact) mass is 280 g/mol. The van der Waals surface area contributed by atoms with Gasteiger partial charge in [0.25, 0.3) is 0 Å². The number of nitrogens with one attached hydrogen (secondary N) is 1. The van der Waals surface area contributed by atoms with Gasteiger partial charge in [0, 0.05) is 33.2 Å². The van der Waals surface area contributed by atoms with Gasteiger partial charge in [0.05, 0.1) is 26.4 Å². The van der Waals surface area contributed by atoms with E-state index in [0.717, 1.165) is 26.2 Å². The van der Waals surface area contributed by atoms with Crippen LogP contribution in [-0.4, -0.2) is 74.6 Å². The molecule has 0 atom stereocenters. The molecule has 0 amide bonds. The van der Waals surface area contributed by atoms with E-state index >= 15 is 0 Å². The highest BCUT2D eigenvalue weighted by atomic mass is 16.5. The van der Waals surface area contributed by atoms with Crippen molar-refractivity contribution >= 4 is 17.8 Å². The van der Waals surface area contributed by atoms with Crippen molar-refractivity contribution in [3.63, 3.8) is 0 Å². The Balaban J connectivity index is 1.85. The highest BCUT2D eigenvalue weighted by Crippen LogP contribution is 2.18. The molecule has 0 bridgehead atoms. The lowest BCUT2D eigenvalue weighted by atomic mass is 10.4. The van der Waals surface area contributed by atoms with Gasteiger partial charge in [-0.1, -0.05) is 0 Å². The first-order valence-electron chi connectivity index (χ1n) is 6.96. The van der Waals surface area contributed by atoms with Crippen LogP contribution >= 0.6 is 0 Å². The molecule has 0 spiro atoms. The second-order valence-electron chi connectivity index (χ2n) is 4.71. The first-order chi connectivity index (χ1) is 9.86. The van der Waals surface area contributed by atoms with Crippen LogP contribution in [0.4, 0.5) is 17.8 Å². The molecule has 20 heavy (non-hydrogen) atoms. The summed E-state index contributed by atoms with van der Waals surface area (Å²) in [6.07, 6.45) is 0. The molecule has 1 N–H and O–H groups in total. The van der Waals surface area contributed by atoms with E-state index in [9.17, 15) is 0 Å². The average molecular weight is 280 g/mol. The van der Waals surface area contributed by atoms with Crippen LogP contribution in [0.5, 0.6) is 0 Å². The third-order valence-corrected chi connectivity index (χ3v) is 3.42. The Labute approximate surface area is 118 Å². The average Bonchev–Trinajstić information content (AvgIpc) is 2.56. The number of aromatic nitrogens is 3. The number of hydrogen-bond acceptors (Lipinski definition) is 8. The Morgan fingerprint density at radius 2 is 1.25 bits per heavy atom. The molecule has 8 nitrogen and oxygen atoms in total. The van der Waals surface area contributed by atoms with Crippen LogP contribution in [0.15, 0.2) is 0 Å². The number of nitrogens with zero attached hydrogens (tertiary/aromatic N) is 5. The molecule has 2 saturated heterocycles. The first-order valence-corrected chi connectivity index (χ1v) is 6.96. The van der Waals surface area contributed by atoms with E-state index in [0.29, 0.717) is 44.3 Å². The number of rotatable bonds is 3. The van der Waals surface area contributed by atoms with E-state index in [1.807, 2.05) is 7.05 Å². The number of anilines is 3. The Hall–Kier alpha value is -1.67. The summed E-state index contributed by atoms with van der Waals surface area (Å²) in [6, 6.07) is 0. The van der Waals surface area contributed by atoms with E-state index in [1.54, 1.807) is 0 Å². The topological polar surface area (TPSA) is 75.6 Å². The largest absolute Gasteiger partial charge is 0.378 e. The van der Waals surface area contributed by atoms with Crippen molar-refractivity contribution in [1.29, 1.82) is 0 Å². The van der Waals surface area contributed by atoms with E-state index in [2.05, 4.69) is 30.1 Å². The Morgan fingerprint density at radius 1 is 0.800 bits per heavy atom. The van der Waals surface area contributed by atoms with Crippen molar-refractivity contribution in [1.82, 2.24) is 15.0 Å². The molecular weight excluding hydrogens is 260 g/mol. The Kier molecular flexibility index (Phi) is 4.12. The molecule has 0 aliphatic carbocycles. The molecular formula is C12H20N6O2.